The number of carbonyl (C=O) groups excluding carboxylic acids is 2. The van der Waals surface area contributed by atoms with Gasteiger partial charge in [-0.15, -0.1) is 11.3 Å². The molecule has 0 saturated heterocycles. The summed E-state index contributed by atoms with van der Waals surface area (Å²) in [6.07, 6.45) is 1.63. The molecule has 0 radical (unpaired) electrons. The molecule has 0 aliphatic carbocycles. The van der Waals surface area contributed by atoms with Gasteiger partial charge >= 0.3 is 0 Å². The number of nitrogens with one attached hydrogen (secondary N) is 2. The summed E-state index contributed by atoms with van der Waals surface area (Å²) in [5.41, 5.74) is 2.05. The maximum Gasteiger partial charge on any atom is 0.272 e. The lowest BCUT2D eigenvalue weighted by atomic mass is 10.1. The van der Waals surface area contributed by atoms with Gasteiger partial charge in [-0.3, -0.25) is 9.59 Å². The summed E-state index contributed by atoms with van der Waals surface area (Å²) >= 11 is 1.45. The fraction of sp³-hybridized carbons (Fsp3) is 0.103. The van der Waals surface area contributed by atoms with E-state index in [4.69, 9.17) is 14.2 Å². The summed E-state index contributed by atoms with van der Waals surface area (Å²) in [5, 5.41) is 7.46. The minimum Gasteiger partial charge on any atom is -0.493 e. The molecule has 7 nitrogen and oxygen atoms in total. The molecule has 1 heterocycles. The van der Waals surface area contributed by atoms with Crippen molar-refractivity contribution in [3.8, 4) is 17.2 Å². The molecule has 0 aliphatic heterocycles. The fourth-order valence-corrected chi connectivity index (χ4v) is 4.08. The Kier molecular flexibility index (Phi) is 8.57. The quantitative estimate of drug-likeness (QED) is 0.263. The van der Waals surface area contributed by atoms with Gasteiger partial charge in [-0.1, -0.05) is 36.4 Å². The van der Waals surface area contributed by atoms with Crippen molar-refractivity contribution in [2.75, 3.05) is 19.5 Å². The van der Waals surface area contributed by atoms with Crippen LogP contribution in [0.5, 0.6) is 17.2 Å². The highest BCUT2D eigenvalue weighted by atomic mass is 32.1. The number of hydrogen-bond donors (Lipinski definition) is 2. The SMILES string of the molecule is COc1ccc(C(=O)N/C(=C\c2cccs2)C(=O)Nc2ccc(OCc3ccccc3)cc2)cc1OC. The molecule has 4 rings (SSSR count). The molecule has 2 amide bonds. The molecule has 0 atom stereocenters. The van der Waals surface area contributed by atoms with Gasteiger partial charge in [0, 0.05) is 16.1 Å². The van der Waals surface area contributed by atoms with Gasteiger partial charge in [0.25, 0.3) is 11.8 Å². The van der Waals surface area contributed by atoms with E-state index in [9.17, 15) is 9.59 Å². The van der Waals surface area contributed by atoms with Crippen molar-refractivity contribution in [3.05, 3.63) is 112 Å². The summed E-state index contributed by atoms with van der Waals surface area (Å²) in [7, 11) is 3.01. The third-order valence-corrected chi connectivity index (χ3v) is 6.15. The number of carbonyl (C=O) groups is 2. The van der Waals surface area contributed by atoms with Crippen molar-refractivity contribution in [1.29, 1.82) is 0 Å². The van der Waals surface area contributed by atoms with Gasteiger partial charge in [-0.25, -0.2) is 0 Å². The van der Waals surface area contributed by atoms with Crippen LogP contribution in [0, 0.1) is 0 Å². The first-order valence-electron chi connectivity index (χ1n) is 11.4. The topological polar surface area (TPSA) is 85.9 Å². The third kappa shape index (κ3) is 6.99. The van der Waals surface area contributed by atoms with Crippen LogP contribution in [0.4, 0.5) is 5.69 Å². The van der Waals surface area contributed by atoms with Crippen LogP contribution in [0.1, 0.15) is 20.8 Å². The monoisotopic (exact) mass is 514 g/mol. The number of rotatable bonds is 10. The van der Waals surface area contributed by atoms with Crippen molar-refractivity contribution in [1.82, 2.24) is 5.32 Å². The van der Waals surface area contributed by atoms with Gasteiger partial charge in [0.05, 0.1) is 14.2 Å². The molecule has 0 aliphatic rings. The zero-order chi connectivity index (χ0) is 26.0. The van der Waals surface area contributed by atoms with Gasteiger partial charge in [0.1, 0.15) is 18.1 Å². The smallest absolute Gasteiger partial charge is 0.272 e. The summed E-state index contributed by atoms with van der Waals surface area (Å²) in [5.74, 6) is 0.682. The highest BCUT2D eigenvalue weighted by Crippen LogP contribution is 2.27. The first-order chi connectivity index (χ1) is 18.1. The van der Waals surface area contributed by atoms with E-state index in [1.54, 1.807) is 48.5 Å². The molecule has 0 fully saturated rings. The molecule has 8 heteroatoms. The van der Waals surface area contributed by atoms with E-state index in [-0.39, 0.29) is 5.70 Å². The Hall–Kier alpha value is -4.56. The molecule has 2 N–H and O–H groups in total. The van der Waals surface area contributed by atoms with Crippen molar-refractivity contribution in [2.45, 2.75) is 6.61 Å². The normalized spacial score (nSPS) is 10.9. The van der Waals surface area contributed by atoms with Gasteiger partial charge in [-0.2, -0.15) is 0 Å². The molecule has 37 heavy (non-hydrogen) atoms. The number of hydrogen-bond acceptors (Lipinski definition) is 6. The Morgan fingerprint density at radius 3 is 2.30 bits per heavy atom. The van der Waals surface area contributed by atoms with E-state index in [0.29, 0.717) is 35.1 Å². The van der Waals surface area contributed by atoms with Gasteiger partial charge in [0.2, 0.25) is 0 Å². The lowest BCUT2D eigenvalue weighted by molar-refractivity contribution is -0.113. The zero-order valence-corrected chi connectivity index (χ0v) is 21.2. The predicted molar refractivity (Wildman–Crippen MR) is 145 cm³/mol. The van der Waals surface area contributed by atoms with Crippen LogP contribution < -0.4 is 24.8 Å². The largest absolute Gasteiger partial charge is 0.493 e. The Morgan fingerprint density at radius 2 is 1.62 bits per heavy atom. The van der Waals surface area contributed by atoms with E-state index in [2.05, 4.69) is 10.6 Å². The van der Waals surface area contributed by atoms with Crippen LogP contribution in [-0.4, -0.2) is 26.0 Å². The molecule has 0 bridgehead atoms. The Bertz CT molecular complexity index is 1370. The molecular weight excluding hydrogens is 488 g/mol. The highest BCUT2D eigenvalue weighted by Gasteiger charge is 2.17. The Labute approximate surface area is 219 Å². The van der Waals surface area contributed by atoms with Crippen LogP contribution in [0.3, 0.4) is 0 Å². The average molecular weight is 515 g/mol. The molecule has 1 aromatic heterocycles. The highest BCUT2D eigenvalue weighted by molar-refractivity contribution is 7.10. The number of anilines is 1. The van der Waals surface area contributed by atoms with Crippen LogP contribution >= 0.6 is 11.3 Å². The summed E-state index contributed by atoms with van der Waals surface area (Å²) in [6, 6.07) is 25.4. The van der Waals surface area contributed by atoms with Gasteiger partial charge in [0.15, 0.2) is 11.5 Å². The van der Waals surface area contributed by atoms with Crippen LogP contribution in [0.25, 0.3) is 6.08 Å². The van der Waals surface area contributed by atoms with E-state index in [1.165, 1.54) is 25.6 Å². The lowest BCUT2D eigenvalue weighted by Crippen LogP contribution is -2.30. The molecule has 0 unspecified atom stereocenters. The molecule has 0 saturated carbocycles. The van der Waals surface area contributed by atoms with Crippen molar-refractivity contribution < 1.29 is 23.8 Å². The second-order valence-corrected chi connectivity index (χ2v) is 8.83. The summed E-state index contributed by atoms with van der Waals surface area (Å²) in [4.78, 5) is 27.0. The molecular formula is C29H26N2O5S. The second-order valence-electron chi connectivity index (χ2n) is 7.85. The van der Waals surface area contributed by atoms with Crippen LogP contribution in [0.2, 0.25) is 0 Å². The average Bonchev–Trinajstić information content (AvgIpc) is 3.45. The molecule has 188 valence electrons. The van der Waals surface area contributed by atoms with Crippen LogP contribution in [-0.2, 0) is 11.4 Å². The molecule has 3 aromatic carbocycles. The van der Waals surface area contributed by atoms with Gasteiger partial charge < -0.3 is 24.8 Å². The predicted octanol–water partition coefficient (Wildman–Crippen LogP) is 5.75. The molecule has 4 aromatic rings. The standard InChI is InChI=1S/C29H26N2O5S/c1-34-26-15-10-21(17-27(26)35-2)28(32)31-25(18-24-9-6-16-37-24)29(33)30-22-11-13-23(14-12-22)36-19-20-7-4-3-5-8-20/h3-18H,19H2,1-2H3,(H,30,33)(H,31,32)/b25-18-. The van der Waals surface area contributed by atoms with E-state index in [0.717, 1.165) is 10.4 Å². The minimum atomic E-state index is -0.458. The first-order valence-corrected chi connectivity index (χ1v) is 12.3. The fourth-order valence-electron chi connectivity index (χ4n) is 3.42. The van der Waals surface area contributed by atoms with Crippen molar-refractivity contribution in [2.24, 2.45) is 0 Å². The van der Waals surface area contributed by atoms with E-state index in [1.807, 2.05) is 47.8 Å². The summed E-state index contributed by atoms with van der Waals surface area (Å²) < 4.78 is 16.3. The molecule has 0 spiro atoms. The maximum atomic E-state index is 13.2. The van der Waals surface area contributed by atoms with Crippen LogP contribution in [0.15, 0.2) is 96.0 Å². The lowest BCUT2D eigenvalue weighted by Gasteiger charge is -2.13. The van der Waals surface area contributed by atoms with Crippen molar-refractivity contribution in [3.63, 3.8) is 0 Å². The van der Waals surface area contributed by atoms with Crippen molar-refractivity contribution >= 4 is 34.9 Å². The Balaban J connectivity index is 1.46. The number of thiophene rings is 1. The maximum absolute atomic E-state index is 13.2. The third-order valence-electron chi connectivity index (χ3n) is 5.33. The Morgan fingerprint density at radius 1 is 0.865 bits per heavy atom. The van der Waals surface area contributed by atoms with E-state index < -0.39 is 11.8 Å². The van der Waals surface area contributed by atoms with Gasteiger partial charge in [-0.05, 0) is 65.6 Å². The summed E-state index contributed by atoms with van der Waals surface area (Å²) in [6.45, 7) is 0.447. The number of methoxy groups -OCH3 is 2. The number of benzene rings is 3. The minimum absolute atomic E-state index is 0.103. The second kappa shape index (κ2) is 12.4. The number of amides is 2. The number of ether oxygens (including phenoxy) is 3. The zero-order valence-electron chi connectivity index (χ0n) is 20.4. The van der Waals surface area contributed by atoms with E-state index >= 15 is 0 Å². The first kappa shape index (κ1) is 25.5.